The molecular formula is C22H38N4O. The van der Waals surface area contributed by atoms with Gasteiger partial charge in [0.2, 0.25) is 0 Å². The zero-order chi connectivity index (χ0) is 19.8. The van der Waals surface area contributed by atoms with Crippen LogP contribution in [-0.4, -0.2) is 59.8 Å². The third-order valence-electron chi connectivity index (χ3n) is 5.73. The van der Waals surface area contributed by atoms with Crippen molar-refractivity contribution in [2.45, 2.75) is 84.3 Å². The van der Waals surface area contributed by atoms with Crippen LogP contribution in [0, 0.1) is 0 Å². The highest BCUT2D eigenvalue weighted by Gasteiger charge is 2.30. The molecule has 3 rings (SSSR count). The van der Waals surface area contributed by atoms with Gasteiger partial charge >= 0.3 is 0 Å². The van der Waals surface area contributed by atoms with E-state index in [0.717, 1.165) is 50.1 Å². The zero-order valence-electron chi connectivity index (χ0n) is 18.4. The van der Waals surface area contributed by atoms with Crippen molar-refractivity contribution in [1.82, 2.24) is 14.9 Å². The van der Waals surface area contributed by atoms with E-state index in [2.05, 4.69) is 64.3 Å². The van der Waals surface area contributed by atoms with E-state index >= 15 is 0 Å². The van der Waals surface area contributed by atoms with Gasteiger partial charge in [-0.3, -0.25) is 4.90 Å². The van der Waals surface area contributed by atoms with Crippen LogP contribution >= 0.6 is 0 Å². The highest BCUT2D eigenvalue weighted by atomic mass is 16.5. The van der Waals surface area contributed by atoms with Gasteiger partial charge < -0.3 is 9.64 Å². The van der Waals surface area contributed by atoms with E-state index in [0.29, 0.717) is 12.1 Å². The Balaban J connectivity index is 1.75. The van der Waals surface area contributed by atoms with Crippen molar-refractivity contribution in [2.75, 3.05) is 37.7 Å². The van der Waals surface area contributed by atoms with Crippen LogP contribution in [0.3, 0.4) is 0 Å². The van der Waals surface area contributed by atoms with Gasteiger partial charge in [0, 0.05) is 49.1 Å². The van der Waals surface area contributed by atoms with E-state index in [1.165, 1.54) is 12.8 Å². The highest BCUT2D eigenvalue weighted by Crippen LogP contribution is 2.30. The molecule has 1 atom stereocenters. The zero-order valence-corrected chi connectivity index (χ0v) is 18.4. The molecule has 0 aromatic carbocycles. The summed E-state index contributed by atoms with van der Waals surface area (Å²) in [5.41, 5.74) is 1.12. The number of ether oxygens (including phenoxy) is 1. The van der Waals surface area contributed by atoms with Gasteiger partial charge in [-0.1, -0.05) is 41.5 Å². The van der Waals surface area contributed by atoms with Gasteiger partial charge in [-0.05, 0) is 19.8 Å². The largest absolute Gasteiger partial charge is 0.376 e. The fraction of sp³-hybridized carbons (Fsp3) is 0.818. The minimum absolute atomic E-state index is 0.0277. The molecule has 27 heavy (non-hydrogen) atoms. The number of nitrogens with zero attached hydrogens (tertiary/aromatic N) is 4. The normalized spacial score (nSPS) is 23.7. The van der Waals surface area contributed by atoms with Gasteiger partial charge in [-0.25, -0.2) is 9.97 Å². The van der Waals surface area contributed by atoms with Crippen molar-refractivity contribution in [2.24, 2.45) is 0 Å². The highest BCUT2D eigenvalue weighted by molar-refractivity contribution is 5.42. The van der Waals surface area contributed by atoms with Crippen molar-refractivity contribution in [1.29, 1.82) is 0 Å². The van der Waals surface area contributed by atoms with E-state index in [1.54, 1.807) is 0 Å². The minimum Gasteiger partial charge on any atom is -0.376 e. The monoisotopic (exact) mass is 374 g/mol. The maximum absolute atomic E-state index is 5.71. The molecule has 1 aromatic heterocycles. The molecule has 2 fully saturated rings. The summed E-state index contributed by atoms with van der Waals surface area (Å²) in [7, 11) is 0. The molecule has 0 N–H and O–H groups in total. The third kappa shape index (κ3) is 5.00. The Labute approximate surface area is 165 Å². The number of hydrogen-bond donors (Lipinski definition) is 0. The molecule has 2 aliphatic heterocycles. The quantitative estimate of drug-likeness (QED) is 0.788. The lowest BCUT2D eigenvalue weighted by Gasteiger charge is -2.42. The Morgan fingerprint density at radius 1 is 0.963 bits per heavy atom. The second kappa shape index (κ2) is 7.67. The topological polar surface area (TPSA) is 41.5 Å². The van der Waals surface area contributed by atoms with Crippen molar-refractivity contribution in [3.05, 3.63) is 17.6 Å². The van der Waals surface area contributed by atoms with Crippen molar-refractivity contribution >= 4 is 5.82 Å². The number of anilines is 1. The number of rotatable bonds is 2. The molecule has 0 saturated carbocycles. The molecule has 0 spiro atoms. The summed E-state index contributed by atoms with van der Waals surface area (Å²) in [6.07, 6.45) is 2.76. The predicted molar refractivity (Wildman–Crippen MR) is 112 cm³/mol. The first kappa shape index (κ1) is 20.5. The molecule has 0 radical (unpaired) electrons. The van der Waals surface area contributed by atoms with Crippen molar-refractivity contribution in [3.8, 4) is 0 Å². The minimum atomic E-state index is -0.0434. The summed E-state index contributed by atoms with van der Waals surface area (Å²) in [4.78, 5) is 15.0. The van der Waals surface area contributed by atoms with E-state index in [-0.39, 0.29) is 10.8 Å². The average molecular weight is 375 g/mol. The molecule has 152 valence electrons. The molecule has 1 aromatic rings. The number of aromatic nitrogens is 2. The lowest BCUT2D eigenvalue weighted by atomic mass is 9.90. The van der Waals surface area contributed by atoms with Gasteiger partial charge in [0.25, 0.3) is 0 Å². The van der Waals surface area contributed by atoms with Crippen LogP contribution in [0.1, 0.15) is 72.8 Å². The van der Waals surface area contributed by atoms with Gasteiger partial charge in [-0.15, -0.1) is 0 Å². The number of piperidine rings is 1. The summed E-state index contributed by atoms with van der Waals surface area (Å²) >= 11 is 0. The Morgan fingerprint density at radius 2 is 1.63 bits per heavy atom. The van der Waals surface area contributed by atoms with Crippen LogP contribution in [0.5, 0.6) is 0 Å². The van der Waals surface area contributed by atoms with Crippen molar-refractivity contribution in [3.63, 3.8) is 0 Å². The lowest BCUT2D eigenvalue weighted by molar-refractivity contribution is -0.0373. The van der Waals surface area contributed by atoms with Crippen molar-refractivity contribution < 1.29 is 4.74 Å². The maximum atomic E-state index is 5.71. The fourth-order valence-corrected chi connectivity index (χ4v) is 3.95. The number of hydrogen-bond acceptors (Lipinski definition) is 5. The molecule has 3 heterocycles. The molecule has 5 nitrogen and oxygen atoms in total. The van der Waals surface area contributed by atoms with Crippen LogP contribution in [-0.2, 0) is 15.6 Å². The number of morpholine rings is 1. The Kier molecular flexibility index (Phi) is 5.83. The Hall–Kier alpha value is -1.20. The van der Waals surface area contributed by atoms with E-state index in [4.69, 9.17) is 14.7 Å². The third-order valence-corrected chi connectivity index (χ3v) is 5.73. The predicted octanol–water partition coefficient (Wildman–Crippen LogP) is 3.76. The summed E-state index contributed by atoms with van der Waals surface area (Å²) < 4.78 is 5.71. The Bertz CT molecular complexity index is 606. The smallest absolute Gasteiger partial charge is 0.136 e. The molecule has 2 aliphatic rings. The van der Waals surface area contributed by atoms with Crippen LogP contribution in [0.2, 0.25) is 0 Å². The summed E-state index contributed by atoms with van der Waals surface area (Å²) in [6.45, 7) is 20.6. The molecule has 2 saturated heterocycles. The SMILES string of the molecule is CC1CN(C2CCN(c3cc(C(C)(C)C)nc(C(C)(C)C)n3)CC2)CCO1. The van der Waals surface area contributed by atoms with Crippen LogP contribution < -0.4 is 4.90 Å². The second-order valence-corrected chi connectivity index (χ2v) is 10.3. The Morgan fingerprint density at radius 3 is 2.19 bits per heavy atom. The molecular weight excluding hydrogens is 336 g/mol. The first-order valence-corrected chi connectivity index (χ1v) is 10.5. The maximum Gasteiger partial charge on any atom is 0.136 e. The average Bonchev–Trinajstić information content (AvgIpc) is 2.60. The lowest BCUT2D eigenvalue weighted by Crippen LogP contribution is -2.51. The van der Waals surface area contributed by atoms with E-state index in [1.807, 2.05) is 0 Å². The molecule has 5 heteroatoms. The molecule has 0 aliphatic carbocycles. The molecule has 0 amide bonds. The van der Waals surface area contributed by atoms with Crippen LogP contribution in [0.15, 0.2) is 6.07 Å². The molecule has 0 bridgehead atoms. The van der Waals surface area contributed by atoms with Crippen LogP contribution in [0.25, 0.3) is 0 Å². The van der Waals surface area contributed by atoms with Gasteiger partial charge in [0.15, 0.2) is 0 Å². The summed E-state index contributed by atoms with van der Waals surface area (Å²) in [6, 6.07) is 2.89. The van der Waals surface area contributed by atoms with Gasteiger partial charge in [0.1, 0.15) is 11.6 Å². The van der Waals surface area contributed by atoms with Gasteiger partial charge in [-0.2, -0.15) is 0 Å². The molecule has 1 unspecified atom stereocenters. The fourth-order valence-electron chi connectivity index (χ4n) is 3.95. The first-order chi connectivity index (χ1) is 12.5. The summed E-state index contributed by atoms with van der Waals surface area (Å²) in [5.74, 6) is 2.06. The first-order valence-electron chi connectivity index (χ1n) is 10.5. The van der Waals surface area contributed by atoms with Crippen LogP contribution in [0.4, 0.5) is 5.82 Å². The second-order valence-electron chi connectivity index (χ2n) is 10.3. The van der Waals surface area contributed by atoms with E-state index < -0.39 is 0 Å². The van der Waals surface area contributed by atoms with E-state index in [9.17, 15) is 0 Å². The summed E-state index contributed by atoms with van der Waals surface area (Å²) in [5, 5.41) is 0. The van der Waals surface area contributed by atoms with Gasteiger partial charge in [0.05, 0.1) is 18.4 Å². The standard InChI is InChI=1S/C22H38N4O/c1-16-15-26(12-13-27-16)17-8-10-25(11-9-17)19-14-18(21(2,3)4)23-20(24-19)22(5,6)7/h14,16-17H,8-13,15H2,1-7H3.